The molecule has 2 aromatic heterocycles. The predicted molar refractivity (Wildman–Crippen MR) is 116 cm³/mol. The third kappa shape index (κ3) is 4.95. The third-order valence-corrected chi connectivity index (χ3v) is 5.36. The summed E-state index contributed by atoms with van der Waals surface area (Å²) in [6, 6.07) is 8.47. The molecule has 0 fully saturated rings. The Morgan fingerprint density at radius 3 is 2.67 bits per heavy atom. The molecule has 142 valence electrons. The zero-order valence-electron chi connectivity index (χ0n) is 15.7. The molecule has 0 spiro atoms. The number of nitrogens with zero attached hydrogens (tertiary/aromatic N) is 5. The first-order valence-corrected chi connectivity index (χ1v) is 9.96. The van der Waals surface area contributed by atoms with Gasteiger partial charge in [0.05, 0.1) is 41.3 Å². The monoisotopic (exact) mass is 446 g/mol. The van der Waals surface area contributed by atoms with Crippen molar-refractivity contribution in [1.82, 2.24) is 24.5 Å². The van der Waals surface area contributed by atoms with Gasteiger partial charge in [0.25, 0.3) is 0 Å². The summed E-state index contributed by atoms with van der Waals surface area (Å²) in [5.41, 5.74) is 4.44. The Morgan fingerprint density at radius 2 is 1.96 bits per heavy atom. The number of hydrogen-bond donors (Lipinski definition) is 1. The first-order chi connectivity index (χ1) is 13.0. The quantitative estimate of drug-likeness (QED) is 0.578. The highest BCUT2D eigenvalue weighted by atomic mass is 79.9. The number of thiocarbonyl (C=S) groups is 1. The van der Waals surface area contributed by atoms with Crippen LogP contribution in [-0.2, 0) is 19.6 Å². The maximum Gasteiger partial charge on any atom is 0.173 e. The van der Waals surface area contributed by atoms with Crippen LogP contribution in [0.5, 0.6) is 0 Å². The van der Waals surface area contributed by atoms with E-state index in [9.17, 15) is 0 Å². The molecule has 0 unspecified atom stereocenters. The average Bonchev–Trinajstić information content (AvgIpc) is 3.23. The van der Waals surface area contributed by atoms with Gasteiger partial charge in [-0.15, -0.1) is 0 Å². The molecule has 0 atom stereocenters. The number of aromatic nitrogens is 4. The van der Waals surface area contributed by atoms with Gasteiger partial charge in [0.1, 0.15) is 0 Å². The average molecular weight is 447 g/mol. The van der Waals surface area contributed by atoms with Crippen molar-refractivity contribution < 1.29 is 0 Å². The molecule has 0 saturated carbocycles. The highest BCUT2D eigenvalue weighted by Crippen LogP contribution is 2.18. The van der Waals surface area contributed by atoms with Gasteiger partial charge in [-0.25, -0.2) is 0 Å². The van der Waals surface area contributed by atoms with Crippen LogP contribution in [0, 0.1) is 6.92 Å². The number of hydrogen-bond acceptors (Lipinski definition) is 3. The van der Waals surface area contributed by atoms with E-state index in [0.717, 1.165) is 28.9 Å². The number of benzene rings is 1. The number of halogens is 1. The van der Waals surface area contributed by atoms with Crippen molar-refractivity contribution in [1.29, 1.82) is 0 Å². The SMILES string of the molecule is CCn1ncc(Br)c1CN(C)C(=S)Nc1cnn(Cc2ccc(C)cc2)c1. The second kappa shape index (κ2) is 8.67. The summed E-state index contributed by atoms with van der Waals surface area (Å²) >= 11 is 9.10. The first kappa shape index (κ1) is 19.6. The molecule has 1 aromatic carbocycles. The topological polar surface area (TPSA) is 50.9 Å². The number of nitrogens with one attached hydrogen (secondary N) is 1. The lowest BCUT2D eigenvalue weighted by atomic mass is 10.1. The molecular weight excluding hydrogens is 424 g/mol. The lowest BCUT2D eigenvalue weighted by Gasteiger charge is -2.21. The Labute approximate surface area is 173 Å². The van der Waals surface area contributed by atoms with E-state index in [1.165, 1.54) is 11.1 Å². The molecule has 3 aromatic rings. The summed E-state index contributed by atoms with van der Waals surface area (Å²) in [5.74, 6) is 0. The van der Waals surface area contributed by atoms with Crippen LogP contribution in [0.15, 0.2) is 47.3 Å². The zero-order valence-corrected chi connectivity index (χ0v) is 18.1. The van der Waals surface area contributed by atoms with Crippen molar-refractivity contribution >= 4 is 38.9 Å². The molecule has 3 rings (SSSR count). The van der Waals surface area contributed by atoms with Crippen molar-refractivity contribution in [3.63, 3.8) is 0 Å². The van der Waals surface area contributed by atoms with Crippen molar-refractivity contribution in [2.75, 3.05) is 12.4 Å². The standard InChI is InChI=1S/C19H23BrN6S/c1-4-26-18(17(20)10-22-26)13-24(3)19(27)23-16-9-21-25(12-16)11-15-7-5-14(2)6-8-15/h5-10,12H,4,11,13H2,1-3H3,(H,23,27). The van der Waals surface area contributed by atoms with E-state index in [4.69, 9.17) is 12.2 Å². The lowest BCUT2D eigenvalue weighted by Crippen LogP contribution is -2.31. The minimum atomic E-state index is 0.639. The van der Waals surface area contributed by atoms with Crippen molar-refractivity contribution in [3.8, 4) is 0 Å². The zero-order chi connectivity index (χ0) is 19.4. The van der Waals surface area contributed by atoms with Crippen LogP contribution in [0.25, 0.3) is 0 Å². The van der Waals surface area contributed by atoms with Gasteiger partial charge in [0.15, 0.2) is 5.11 Å². The fourth-order valence-electron chi connectivity index (χ4n) is 2.73. The van der Waals surface area contributed by atoms with Gasteiger partial charge >= 0.3 is 0 Å². The highest BCUT2D eigenvalue weighted by molar-refractivity contribution is 9.10. The molecule has 0 saturated heterocycles. The van der Waals surface area contributed by atoms with Crippen LogP contribution in [0.3, 0.4) is 0 Å². The van der Waals surface area contributed by atoms with Gasteiger partial charge in [0.2, 0.25) is 0 Å². The van der Waals surface area contributed by atoms with Gasteiger partial charge in [-0.1, -0.05) is 29.8 Å². The summed E-state index contributed by atoms with van der Waals surface area (Å²) in [6.45, 7) is 6.37. The molecule has 8 heteroatoms. The van der Waals surface area contributed by atoms with E-state index in [1.807, 2.05) is 33.7 Å². The van der Waals surface area contributed by atoms with E-state index in [2.05, 4.69) is 69.6 Å². The van der Waals surface area contributed by atoms with Crippen LogP contribution in [-0.4, -0.2) is 36.6 Å². The Kier molecular flexibility index (Phi) is 6.28. The predicted octanol–water partition coefficient (Wildman–Crippen LogP) is 4.05. The highest BCUT2D eigenvalue weighted by Gasteiger charge is 2.13. The van der Waals surface area contributed by atoms with Crippen molar-refractivity contribution in [3.05, 3.63) is 64.1 Å². The molecule has 0 amide bonds. The Balaban J connectivity index is 1.60. The van der Waals surface area contributed by atoms with Gasteiger partial charge in [-0.2, -0.15) is 10.2 Å². The summed E-state index contributed by atoms with van der Waals surface area (Å²) < 4.78 is 4.85. The van der Waals surface area contributed by atoms with Crippen molar-refractivity contribution in [2.24, 2.45) is 0 Å². The maximum atomic E-state index is 5.54. The minimum absolute atomic E-state index is 0.639. The maximum absolute atomic E-state index is 5.54. The molecule has 0 aliphatic carbocycles. The van der Waals surface area contributed by atoms with E-state index in [0.29, 0.717) is 11.7 Å². The molecule has 27 heavy (non-hydrogen) atoms. The second-order valence-corrected chi connectivity index (χ2v) is 7.69. The van der Waals surface area contributed by atoms with E-state index in [-0.39, 0.29) is 0 Å². The number of aryl methyl sites for hydroxylation is 2. The third-order valence-electron chi connectivity index (χ3n) is 4.28. The Bertz CT molecular complexity index is 915. The van der Waals surface area contributed by atoms with Gasteiger partial charge in [-0.05, 0) is 47.6 Å². The fraction of sp³-hybridized carbons (Fsp3) is 0.316. The molecular formula is C19H23BrN6S. The van der Waals surface area contributed by atoms with E-state index < -0.39 is 0 Å². The molecule has 1 N–H and O–H groups in total. The summed E-state index contributed by atoms with van der Waals surface area (Å²) in [6.07, 6.45) is 5.57. The van der Waals surface area contributed by atoms with Crippen LogP contribution in [0.4, 0.5) is 5.69 Å². The summed E-state index contributed by atoms with van der Waals surface area (Å²) in [5, 5.41) is 12.7. The summed E-state index contributed by atoms with van der Waals surface area (Å²) in [4.78, 5) is 1.99. The van der Waals surface area contributed by atoms with Gasteiger partial charge in [0, 0.05) is 19.8 Å². The molecule has 0 bridgehead atoms. The smallest absolute Gasteiger partial charge is 0.173 e. The minimum Gasteiger partial charge on any atom is -0.346 e. The summed E-state index contributed by atoms with van der Waals surface area (Å²) in [7, 11) is 1.96. The normalized spacial score (nSPS) is 10.8. The number of anilines is 1. The Morgan fingerprint density at radius 1 is 1.22 bits per heavy atom. The number of rotatable bonds is 6. The van der Waals surface area contributed by atoms with Gasteiger partial charge < -0.3 is 10.2 Å². The second-order valence-electron chi connectivity index (χ2n) is 6.45. The lowest BCUT2D eigenvalue weighted by molar-refractivity contribution is 0.470. The van der Waals surface area contributed by atoms with Crippen molar-refractivity contribution in [2.45, 2.75) is 33.5 Å². The first-order valence-electron chi connectivity index (χ1n) is 8.76. The Hall–Kier alpha value is -2.19. The van der Waals surface area contributed by atoms with E-state index >= 15 is 0 Å². The molecule has 0 aliphatic rings. The van der Waals surface area contributed by atoms with Crippen LogP contribution in [0.1, 0.15) is 23.7 Å². The van der Waals surface area contributed by atoms with Crippen LogP contribution >= 0.6 is 28.1 Å². The van der Waals surface area contributed by atoms with Gasteiger partial charge in [-0.3, -0.25) is 9.36 Å². The molecule has 0 radical (unpaired) electrons. The largest absolute Gasteiger partial charge is 0.346 e. The molecule has 0 aliphatic heterocycles. The van der Waals surface area contributed by atoms with Crippen LogP contribution < -0.4 is 5.32 Å². The fourth-order valence-corrected chi connectivity index (χ4v) is 3.33. The molecule has 6 nitrogen and oxygen atoms in total. The molecule has 2 heterocycles. The van der Waals surface area contributed by atoms with Crippen LogP contribution in [0.2, 0.25) is 0 Å². The van der Waals surface area contributed by atoms with E-state index in [1.54, 1.807) is 6.20 Å².